The van der Waals surface area contributed by atoms with Crippen LogP contribution in [0.3, 0.4) is 0 Å². The Bertz CT molecular complexity index is 624. The molecule has 0 saturated carbocycles. The largest absolute Gasteiger partial charge is 0.494 e. The fourth-order valence-corrected chi connectivity index (χ4v) is 3.07. The molecule has 5 nitrogen and oxygen atoms in total. The molecule has 144 valence electrons. The molecule has 1 saturated heterocycles. The van der Waals surface area contributed by atoms with Crippen LogP contribution in [0.2, 0.25) is 10.0 Å². The first-order valence-corrected chi connectivity index (χ1v) is 9.46. The van der Waals surface area contributed by atoms with E-state index in [1.165, 1.54) is 0 Å². The smallest absolute Gasteiger partial charge is 0.490 e. The van der Waals surface area contributed by atoms with Crippen molar-refractivity contribution < 1.29 is 23.6 Å². The Kier molecular flexibility index (Phi) is 6.89. The molecule has 26 heavy (non-hydrogen) atoms. The molecule has 2 rings (SSSR count). The van der Waals surface area contributed by atoms with Crippen molar-refractivity contribution >= 4 is 41.8 Å². The van der Waals surface area contributed by atoms with Crippen LogP contribution in [-0.4, -0.2) is 37.5 Å². The van der Waals surface area contributed by atoms with Crippen LogP contribution in [0.4, 0.5) is 0 Å². The molecule has 8 heteroatoms. The predicted molar refractivity (Wildman–Crippen MR) is 104 cm³/mol. The van der Waals surface area contributed by atoms with Crippen LogP contribution in [-0.2, 0) is 18.8 Å². The van der Waals surface area contributed by atoms with E-state index in [4.69, 9.17) is 42.0 Å². The van der Waals surface area contributed by atoms with Gasteiger partial charge in [-0.25, -0.2) is 0 Å². The molecule has 0 amide bonds. The van der Waals surface area contributed by atoms with Gasteiger partial charge in [0.2, 0.25) is 0 Å². The Morgan fingerprint density at radius 1 is 1.12 bits per heavy atom. The average molecular weight is 403 g/mol. The first kappa shape index (κ1) is 21.4. The molecule has 0 atom stereocenters. The summed E-state index contributed by atoms with van der Waals surface area (Å²) in [5.74, 6) is 0.141. The number of esters is 1. The highest BCUT2D eigenvalue weighted by Crippen LogP contribution is 2.38. The minimum atomic E-state index is -0.548. The van der Waals surface area contributed by atoms with Crippen LogP contribution in [0.5, 0.6) is 5.75 Å². The van der Waals surface area contributed by atoms with Crippen LogP contribution in [0.1, 0.15) is 47.5 Å². The maximum Gasteiger partial charge on any atom is 0.494 e. The number of benzene rings is 1. The van der Waals surface area contributed by atoms with Crippen molar-refractivity contribution in [1.82, 2.24) is 0 Å². The highest BCUT2D eigenvalue weighted by atomic mass is 35.5. The van der Waals surface area contributed by atoms with E-state index < -0.39 is 18.3 Å². The first-order valence-electron chi connectivity index (χ1n) is 8.70. The van der Waals surface area contributed by atoms with Crippen molar-refractivity contribution in [2.75, 3.05) is 13.2 Å². The van der Waals surface area contributed by atoms with Gasteiger partial charge in [0.25, 0.3) is 0 Å². The molecular formula is C18H25BCl2O5. The molecule has 1 aromatic rings. The lowest BCUT2D eigenvalue weighted by Crippen LogP contribution is -2.41. The lowest BCUT2D eigenvalue weighted by molar-refractivity contribution is -0.143. The van der Waals surface area contributed by atoms with Gasteiger partial charge in [-0.2, -0.15) is 0 Å². The van der Waals surface area contributed by atoms with Crippen molar-refractivity contribution in [1.29, 1.82) is 0 Å². The molecule has 0 bridgehead atoms. The summed E-state index contributed by atoms with van der Waals surface area (Å²) < 4.78 is 22.5. The summed E-state index contributed by atoms with van der Waals surface area (Å²) >= 11 is 12.7. The van der Waals surface area contributed by atoms with Crippen molar-refractivity contribution in [3.63, 3.8) is 0 Å². The van der Waals surface area contributed by atoms with Crippen LogP contribution < -0.4 is 10.2 Å². The van der Waals surface area contributed by atoms with Crippen molar-refractivity contribution in [3.8, 4) is 5.75 Å². The zero-order chi connectivity index (χ0) is 19.5. The number of hydrogen-bond acceptors (Lipinski definition) is 5. The van der Waals surface area contributed by atoms with Gasteiger partial charge >= 0.3 is 13.1 Å². The van der Waals surface area contributed by atoms with E-state index in [9.17, 15) is 4.79 Å². The Morgan fingerprint density at radius 3 is 2.15 bits per heavy atom. The molecule has 1 aliphatic heterocycles. The topological polar surface area (TPSA) is 54.0 Å². The van der Waals surface area contributed by atoms with E-state index in [1.54, 1.807) is 19.1 Å². The Morgan fingerprint density at radius 2 is 1.65 bits per heavy atom. The Labute approximate surface area is 165 Å². The van der Waals surface area contributed by atoms with Gasteiger partial charge in [-0.05, 0) is 58.6 Å². The monoisotopic (exact) mass is 402 g/mol. The number of halogens is 2. The summed E-state index contributed by atoms with van der Waals surface area (Å²) in [6, 6.07) is 3.46. The van der Waals surface area contributed by atoms with Crippen molar-refractivity contribution in [2.24, 2.45) is 0 Å². The number of carbonyl (C=O) groups excluding carboxylic acids is 1. The van der Waals surface area contributed by atoms with Gasteiger partial charge in [0.1, 0.15) is 0 Å². The van der Waals surface area contributed by atoms with E-state index in [0.29, 0.717) is 35.4 Å². The standard InChI is InChI=1S/C18H25BCl2O5/c1-6-23-15(22)8-7-9-24-16-13(20)10-12(11-14(16)21)19-25-17(2,3)18(4,5)26-19/h10-11H,6-9H2,1-5H3. The summed E-state index contributed by atoms with van der Waals surface area (Å²) in [7, 11) is -0.548. The van der Waals surface area contributed by atoms with Crippen LogP contribution >= 0.6 is 23.2 Å². The second kappa shape index (κ2) is 8.38. The van der Waals surface area contributed by atoms with Crippen molar-refractivity contribution in [3.05, 3.63) is 22.2 Å². The quantitative estimate of drug-likeness (QED) is 0.391. The number of rotatable bonds is 7. The van der Waals surface area contributed by atoms with Gasteiger partial charge in [0, 0.05) is 6.42 Å². The SMILES string of the molecule is CCOC(=O)CCCOc1c(Cl)cc(B2OC(C)(C)C(C)(C)O2)cc1Cl. The third-order valence-corrected chi connectivity index (χ3v) is 5.18. The summed E-state index contributed by atoms with van der Waals surface area (Å²) in [4.78, 5) is 11.3. The molecule has 0 spiro atoms. The van der Waals surface area contributed by atoms with Gasteiger partial charge in [-0.1, -0.05) is 23.2 Å². The second-order valence-corrected chi connectivity index (χ2v) is 7.97. The zero-order valence-corrected chi connectivity index (χ0v) is 17.4. The van der Waals surface area contributed by atoms with E-state index >= 15 is 0 Å². The summed E-state index contributed by atoms with van der Waals surface area (Å²) in [6.07, 6.45) is 0.805. The Balaban J connectivity index is 2.01. The lowest BCUT2D eigenvalue weighted by atomic mass is 9.79. The molecule has 1 heterocycles. The summed E-state index contributed by atoms with van der Waals surface area (Å²) in [6.45, 7) is 10.4. The minimum Gasteiger partial charge on any atom is -0.490 e. The molecule has 0 unspecified atom stereocenters. The van der Waals surface area contributed by atoms with E-state index in [1.807, 2.05) is 27.7 Å². The average Bonchev–Trinajstić information content (AvgIpc) is 2.74. The first-order chi connectivity index (χ1) is 12.1. The van der Waals surface area contributed by atoms with Crippen molar-refractivity contribution in [2.45, 2.75) is 58.7 Å². The van der Waals surface area contributed by atoms with Gasteiger partial charge in [-0.3, -0.25) is 4.79 Å². The zero-order valence-electron chi connectivity index (χ0n) is 15.9. The van der Waals surface area contributed by atoms with Gasteiger partial charge < -0.3 is 18.8 Å². The molecule has 0 aliphatic carbocycles. The molecular weight excluding hydrogens is 378 g/mol. The summed E-state index contributed by atoms with van der Waals surface area (Å²) in [5, 5.41) is 0.747. The van der Waals surface area contributed by atoms with Crippen LogP contribution in [0.15, 0.2) is 12.1 Å². The second-order valence-electron chi connectivity index (χ2n) is 7.16. The van der Waals surface area contributed by atoms with E-state index in [2.05, 4.69) is 0 Å². The van der Waals surface area contributed by atoms with Gasteiger partial charge in [-0.15, -0.1) is 0 Å². The molecule has 1 aromatic carbocycles. The maximum absolute atomic E-state index is 11.3. The molecule has 1 aliphatic rings. The molecule has 1 fully saturated rings. The van der Waals surface area contributed by atoms with Crippen LogP contribution in [0, 0.1) is 0 Å². The maximum atomic E-state index is 11.3. The van der Waals surface area contributed by atoms with Gasteiger partial charge in [0.15, 0.2) is 5.75 Å². The molecule has 0 N–H and O–H groups in total. The summed E-state index contributed by atoms with van der Waals surface area (Å²) in [5.41, 5.74) is -0.157. The highest BCUT2D eigenvalue weighted by molar-refractivity contribution is 6.63. The fraction of sp³-hybridized carbons (Fsp3) is 0.611. The molecule has 0 aromatic heterocycles. The minimum absolute atomic E-state index is 0.246. The lowest BCUT2D eigenvalue weighted by Gasteiger charge is -2.32. The molecule has 0 radical (unpaired) electrons. The highest BCUT2D eigenvalue weighted by Gasteiger charge is 2.51. The van der Waals surface area contributed by atoms with E-state index in [0.717, 1.165) is 5.46 Å². The predicted octanol–water partition coefficient (Wildman–Crippen LogP) is 4.01. The Hall–Kier alpha value is -0.945. The third-order valence-electron chi connectivity index (χ3n) is 4.62. The normalized spacial score (nSPS) is 18.0. The van der Waals surface area contributed by atoms with Crippen LogP contribution in [0.25, 0.3) is 0 Å². The van der Waals surface area contributed by atoms with Gasteiger partial charge in [0.05, 0.1) is 34.5 Å². The fourth-order valence-electron chi connectivity index (χ4n) is 2.46. The number of carbonyl (C=O) groups is 1. The number of hydrogen-bond donors (Lipinski definition) is 0. The van der Waals surface area contributed by atoms with E-state index in [-0.39, 0.29) is 12.4 Å². The number of ether oxygens (including phenoxy) is 2. The third kappa shape index (κ3) is 4.86.